The molecule has 0 spiro atoms. The molecule has 0 amide bonds. The van der Waals surface area contributed by atoms with E-state index in [9.17, 15) is 0 Å². The van der Waals surface area contributed by atoms with Crippen molar-refractivity contribution in [2.75, 3.05) is 9.80 Å². The highest BCUT2D eigenvalue weighted by Crippen LogP contribution is 2.52. The van der Waals surface area contributed by atoms with Crippen LogP contribution < -0.4 is 9.80 Å². The van der Waals surface area contributed by atoms with E-state index in [2.05, 4.69) is 362 Å². The lowest BCUT2D eigenvalue weighted by molar-refractivity contribution is 0.660. The normalized spacial score (nSPS) is 12.5. The molecule has 92 heavy (non-hydrogen) atoms. The molecule has 0 aliphatic heterocycles. The topological polar surface area (TPSA) is 11.4 Å². The summed E-state index contributed by atoms with van der Waals surface area (Å²) in [5.41, 5.74) is 22.3. The SMILES string of the molecule is CC1(C)c2ccccc2-c2ccc(N(c3ccccc3)c3ccc(-c4ccc5c(c4)c4cc(N(c6ccc(-c7cccc8ccccc78)cc6)c6ccc(-c7ccccc7)c7ccccc67)ccc4n5-c4ccc5c6ccccc6c6ccccc6c5c4)cc3)cc21. The van der Waals surface area contributed by atoms with Gasteiger partial charge in [0.2, 0.25) is 0 Å². The maximum atomic E-state index is 2.49. The molecule has 0 radical (unpaired) electrons. The zero-order valence-corrected chi connectivity index (χ0v) is 51.1. The average molecular weight is 1170 g/mol. The van der Waals surface area contributed by atoms with Gasteiger partial charge < -0.3 is 14.4 Å². The van der Waals surface area contributed by atoms with E-state index in [1.807, 2.05) is 0 Å². The summed E-state index contributed by atoms with van der Waals surface area (Å²) in [6.45, 7) is 4.72. The van der Waals surface area contributed by atoms with Crippen LogP contribution in [0.2, 0.25) is 0 Å². The van der Waals surface area contributed by atoms with Crippen molar-refractivity contribution in [1.29, 1.82) is 0 Å². The molecular weight excluding hydrogens is 1110 g/mol. The molecule has 1 aromatic heterocycles. The van der Waals surface area contributed by atoms with Crippen LogP contribution in [0.4, 0.5) is 34.1 Å². The van der Waals surface area contributed by atoms with Crippen LogP contribution in [0.3, 0.4) is 0 Å². The van der Waals surface area contributed by atoms with Crippen LogP contribution >= 0.6 is 0 Å². The molecule has 0 unspecified atom stereocenters. The number of hydrogen-bond acceptors (Lipinski definition) is 2. The fourth-order valence-corrected chi connectivity index (χ4v) is 15.3. The first-order valence-electron chi connectivity index (χ1n) is 32.0. The van der Waals surface area contributed by atoms with E-state index in [0.29, 0.717) is 0 Å². The molecule has 1 aliphatic rings. The van der Waals surface area contributed by atoms with Crippen LogP contribution in [-0.4, -0.2) is 4.57 Å². The first kappa shape index (κ1) is 53.3. The number of para-hydroxylation sites is 1. The van der Waals surface area contributed by atoms with Crippen molar-refractivity contribution in [2.45, 2.75) is 19.3 Å². The standard InChI is InChI=1S/C89H61N3/c1-89(2)84-35-18-17-32-78(84)79-49-46-68(57-85(79)89)90(63-24-7-4-8-25-63)64-41-36-58(37-42-64)62-40-51-87-82(54-62)83-56-66(47-52-88(83)92(87)67-45-48-77-75-30-12-11-28-73(75)74-29-13-14-31-76(74)81(77)55-67)91(65-43-38-61(39-44-65)70-34-19-23-60-22-9-10-26-69(60)70)86-53-50-71(59-20-5-3-6-21-59)72-27-15-16-33-80(72)86/h3-57H,1-2H3. The van der Waals surface area contributed by atoms with Gasteiger partial charge in [0, 0.05) is 55.7 Å². The minimum absolute atomic E-state index is 0.126. The quantitative estimate of drug-likeness (QED) is 0.126. The lowest BCUT2D eigenvalue weighted by atomic mass is 9.82. The highest BCUT2D eigenvalue weighted by Gasteiger charge is 2.36. The number of nitrogens with zero attached hydrogens (tertiary/aromatic N) is 3. The third kappa shape index (κ3) is 8.50. The maximum Gasteiger partial charge on any atom is 0.0542 e. The van der Waals surface area contributed by atoms with Crippen molar-refractivity contribution in [3.05, 3.63) is 345 Å². The lowest BCUT2D eigenvalue weighted by Crippen LogP contribution is -2.16. The average Bonchev–Trinajstić information content (AvgIpc) is 1.47. The number of fused-ring (bicyclic) bond motifs is 14. The Balaban J connectivity index is 0.825. The molecule has 0 saturated carbocycles. The van der Waals surface area contributed by atoms with E-state index in [-0.39, 0.29) is 5.41 Å². The first-order valence-corrected chi connectivity index (χ1v) is 32.0. The molecule has 3 nitrogen and oxygen atoms in total. The third-order valence-electron chi connectivity index (χ3n) is 19.7. The van der Waals surface area contributed by atoms with E-state index in [0.717, 1.165) is 62.0 Å². The molecule has 16 aromatic carbocycles. The van der Waals surface area contributed by atoms with Crippen LogP contribution in [0.1, 0.15) is 25.0 Å². The Morgan fingerprint density at radius 3 is 1.45 bits per heavy atom. The van der Waals surface area contributed by atoms with Crippen LogP contribution in [0.25, 0.3) is 126 Å². The van der Waals surface area contributed by atoms with Crippen LogP contribution in [0.5, 0.6) is 0 Å². The Labute approximate surface area is 535 Å². The summed E-state index contributed by atoms with van der Waals surface area (Å²) in [5, 5.41) is 14.7. The van der Waals surface area contributed by atoms with E-state index in [1.165, 1.54) is 109 Å². The predicted octanol–water partition coefficient (Wildman–Crippen LogP) is 24.8. The molecule has 0 N–H and O–H groups in total. The van der Waals surface area contributed by atoms with Crippen LogP contribution in [0, 0.1) is 0 Å². The van der Waals surface area contributed by atoms with Gasteiger partial charge in [-0.15, -0.1) is 0 Å². The minimum atomic E-state index is -0.126. The van der Waals surface area contributed by atoms with Gasteiger partial charge in [-0.2, -0.15) is 0 Å². The first-order chi connectivity index (χ1) is 45.4. The van der Waals surface area contributed by atoms with E-state index < -0.39 is 0 Å². The number of aromatic nitrogens is 1. The zero-order valence-electron chi connectivity index (χ0n) is 51.1. The summed E-state index contributed by atoms with van der Waals surface area (Å²) >= 11 is 0. The van der Waals surface area contributed by atoms with Gasteiger partial charge in [-0.3, -0.25) is 0 Å². The molecule has 17 aromatic rings. The van der Waals surface area contributed by atoms with Gasteiger partial charge in [0.15, 0.2) is 0 Å². The highest BCUT2D eigenvalue weighted by atomic mass is 15.1. The zero-order chi connectivity index (χ0) is 61.0. The molecule has 1 heterocycles. The number of rotatable bonds is 10. The molecule has 1 aliphatic carbocycles. The third-order valence-corrected chi connectivity index (χ3v) is 19.7. The Morgan fingerprint density at radius 2 is 0.707 bits per heavy atom. The number of anilines is 6. The van der Waals surface area contributed by atoms with Gasteiger partial charge in [-0.25, -0.2) is 0 Å². The van der Waals surface area contributed by atoms with Crippen molar-refractivity contribution < 1.29 is 0 Å². The highest BCUT2D eigenvalue weighted by molar-refractivity contribution is 6.26. The van der Waals surface area contributed by atoms with Crippen molar-refractivity contribution in [3.8, 4) is 50.2 Å². The van der Waals surface area contributed by atoms with Gasteiger partial charge in [-0.1, -0.05) is 250 Å². The maximum absolute atomic E-state index is 2.49. The largest absolute Gasteiger partial charge is 0.310 e. The van der Waals surface area contributed by atoms with E-state index in [1.54, 1.807) is 0 Å². The molecule has 0 bridgehead atoms. The van der Waals surface area contributed by atoms with Crippen molar-refractivity contribution in [3.63, 3.8) is 0 Å². The smallest absolute Gasteiger partial charge is 0.0542 e. The monoisotopic (exact) mass is 1170 g/mol. The van der Waals surface area contributed by atoms with Crippen LogP contribution in [0.15, 0.2) is 334 Å². The molecule has 0 atom stereocenters. The number of hydrogen-bond donors (Lipinski definition) is 0. The second kappa shape index (κ2) is 21.2. The summed E-state index contributed by atoms with van der Waals surface area (Å²) in [4.78, 5) is 4.88. The van der Waals surface area contributed by atoms with Crippen molar-refractivity contribution in [2.24, 2.45) is 0 Å². The minimum Gasteiger partial charge on any atom is -0.310 e. The fraction of sp³-hybridized carbons (Fsp3) is 0.0337. The summed E-state index contributed by atoms with van der Waals surface area (Å²) in [6, 6.07) is 124. The molecular formula is C89H61N3. The molecule has 3 heteroatoms. The predicted molar refractivity (Wildman–Crippen MR) is 392 cm³/mol. The molecule has 432 valence electrons. The van der Waals surface area contributed by atoms with Gasteiger partial charge in [0.25, 0.3) is 0 Å². The van der Waals surface area contributed by atoms with E-state index in [4.69, 9.17) is 0 Å². The van der Waals surface area contributed by atoms with Crippen molar-refractivity contribution in [1.82, 2.24) is 4.57 Å². The lowest BCUT2D eigenvalue weighted by Gasteiger charge is -2.28. The fourth-order valence-electron chi connectivity index (χ4n) is 15.3. The molecule has 0 saturated heterocycles. The second-order valence-electron chi connectivity index (χ2n) is 25.2. The van der Waals surface area contributed by atoms with Crippen molar-refractivity contribution >= 4 is 110 Å². The molecule has 18 rings (SSSR count). The van der Waals surface area contributed by atoms with E-state index >= 15 is 0 Å². The van der Waals surface area contributed by atoms with Gasteiger partial charge in [-0.05, 0) is 201 Å². The summed E-state index contributed by atoms with van der Waals surface area (Å²) in [6.07, 6.45) is 0. The van der Waals surface area contributed by atoms with Gasteiger partial charge >= 0.3 is 0 Å². The summed E-state index contributed by atoms with van der Waals surface area (Å²) in [7, 11) is 0. The second-order valence-corrected chi connectivity index (χ2v) is 25.2. The summed E-state index contributed by atoms with van der Waals surface area (Å²) in [5.74, 6) is 0. The Hall–Kier alpha value is -11.8. The van der Waals surface area contributed by atoms with Gasteiger partial charge in [0.05, 0.1) is 16.7 Å². The van der Waals surface area contributed by atoms with Crippen LogP contribution in [-0.2, 0) is 5.41 Å². The Morgan fingerprint density at radius 1 is 0.239 bits per heavy atom. The summed E-state index contributed by atoms with van der Waals surface area (Å²) < 4.78 is 2.49. The number of benzene rings is 16. The Kier molecular flexibility index (Phi) is 12.3. The Bertz CT molecular complexity index is 5740. The molecule has 0 fully saturated rings. The van der Waals surface area contributed by atoms with Gasteiger partial charge in [0.1, 0.15) is 0 Å².